The third-order valence-electron chi connectivity index (χ3n) is 5.41. The van der Waals surface area contributed by atoms with Crippen LogP contribution in [0.3, 0.4) is 0 Å². The maximum absolute atomic E-state index is 5.61. The number of hydrogen-bond acceptors (Lipinski definition) is 6. The van der Waals surface area contributed by atoms with E-state index in [0.717, 1.165) is 46.2 Å². The first-order valence-electron chi connectivity index (χ1n) is 9.81. The summed E-state index contributed by atoms with van der Waals surface area (Å²) >= 11 is 0. The zero-order valence-corrected chi connectivity index (χ0v) is 16.8. The normalized spacial score (nSPS) is 17.2. The van der Waals surface area contributed by atoms with Crippen LogP contribution >= 0.6 is 0 Å². The van der Waals surface area contributed by atoms with Gasteiger partial charge in [0.25, 0.3) is 0 Å². The van der Waals surface area contributed by atoms with Gasteiger partial charge in [0, 0.05) is 35.3 Å². The van der Waals surface area contributed by atoms with E-state index in [1.54, 1.807) is 0 Å². The Morgan fingerprint density at radius 1 is 1.10 bits per heavy atom. The van der Waals surface area contributed by atoms with Crippen molar-refractivity contribution < 1.29 is 4.74 Å². The lowest BCUT2D eigenvalue weighted by atomic mass is 10.1. The number of benzene rings is 1. The fourth-order valence-corrected chi connectivity index (χ4v) is 3.94. The van der Waals surface area contributed by atoms with E-state index in [-0.39, 0.29) is 6.04 Å². The molecular formula is C21H23N7O. The molecule has 4 aromatic rings. The van der Waals surface area contributed by atoms with Crippen molar-refractivity contribution in [2.45, 2.75) is 26.8 Å². The highest BCUT2D eigenvalue weighted by Gasteiger charge is 2.24. The topological polar surface area (TPSA) is 84.8 Å². The van der Waals surface area contributed by atoms with E-state index in [0.29, 0.717) is 19.2 Å². The molecule has 0 bridgehead atoms. The number of nitrogens with zero attached hydrogens (tertiary/aromatic N) is 6. The molecule has 0 amide bonds. The fraction of sp³-hybridized carbons (Fsp3) is 0.333. The van der Waals surface area contributed by atoms with Crippen LogP contribution in [0.1, 0.15) is 18.6 Å². The van der Waals surface area contributed by atoms with Crippen LogP contribution in [0.15, 0.2) is 36.5 Å². The Morgan fingerprint density at radius 3 is 2.72 bits per heavy atom. The lowest BCUT2D eigenvalue weighted by Crippen LogP contribution is -2.44. The summed E-state index contributed by atoms with van der Waals surface area (Å²) < 4.78 is 7.58. The number of aryl methyl sites for hydroxylation is 2. The molecule has 5 rings (SSSR count). The lowest BCUT2D eigenvalue weighted by Gasteiger charge is -2.33. The zero-order valence-electron chi connectivity index (χ0n) is 16.8. The van der Waals surface area contributed by atoms with Crippen LogP contribution in [-0.2, 0) is 4.74 Å². The number of ether oxygens (including phenoxy) is 1. The summed E-state index contributed by atoms with van der Waals surface area (Å²) in [5, 5.41) is 9.55. The molecule has 1 saturated heterocycles. The third kappa shape index (κ3) is 3.05. The van der Waals surface area contributed by atoms with Gasteiger partial charge in [-0.15, -0.1) is 10.2 Å². The summed E-state index contributed by atoms with van der Waals surface area (Å²) in [6.45, 7) is 8.11. The minimum atomic E-state index is 0.206. The van der Waals surface area contributed by atoms with E-state index >= 15 is 0 Å². The average Bonchev–Trinajstić information content (AvgIpc) is 3.34. The molecule has 0 spiro atoms. The Kier molecular flexibility index (Phi) is 4.28. The number of rotatable bonds is 3. The molecule has 29 heavy (non-hydrogen) atoms. The molecule has 8 nitrogen and oxygen atoms in total. The molecular weight excluding hydrogens is 366 g/mol. The van der Waals surface area contributed by atoms with Crippen molar-refractivity contribution in [3.8, 4) is 17.1 Å². The van der Waals surface area contributed by atoms with Crippen molar-refractivity contribution in [3.63, 3.8) is 0 Å². The third-order valence-corrected chi connectivity index (χ3v) is 5.41. The van der Waals surface area contributed by atoms with Gasteiger partial charge in [-0.1, -0.05) is 12.1 Å². The van der Waals surface area contributed by atoms with Gasteiger partial charge in [-0.05, 0) is 32.9 Å². The smallest absolute Gasteiger partial charge is 0.228 e. The van der Waals surface area contributed by atoms with E-state index in [1.807, 2.05) is 36.7 Å². The Labute approximate surface area is 168 Å². The Balaban J connectivity index is 1.73. The molecule has 0 aliphatic carbocycles. The van der Waals surface area contributed by atoms with Crippen molar-refractivity contribution in [1.82, 2.24) is 29.7 Å². The Bertz CT molecular complexity index is 1160. The maximum atomic E-state index is 5.61. The molecule has 3 aromatic heterocycles. The van der Waals surface area contributed by atoms with Gasteiger partial charge in [-0.25, -0.2) is 4.98 Å². The van der Waals surface area contributed by atoms with Gasteiger partial charge < -0.3 is 14.6 Å². The van der Waals surface area contributed by atoms with Crippen molar-refractivity contribution in [1.29, 1.82) is 0 Å². The molecule has 0 saturated carbocycles. The number of hydrogen-bond donors (Lipinski definition) is 1. The predicted molar refractivity (Wildman–Crippen MR) is 111 cm³/mol. The number of aromatic amines is 1. The standard InChI is InChI=1S/C21H23N7O/c1-13-12-29-10-9-27(13)21-23-19(16-5-4-6-18-17(16)7-8-22-18)11-20(24-21)28-14(2)25-26-15(28)3/h4-8,11,13,22H,9-10,12H2,1-3H3/t13-/m1/s1. The van der Waals surface area contributed by atoms with Gasteiger partial charge in [0.2, 0.25) is 5.95 Å². The van der Waals surface area contributed by atoms with Gasteiger partial charge >= 0.3 is 0 Å². The lowest BCUT2D eigenvalue weighted by molar-refractivity contribution is 0.0981. The molecule has 8 heteroatoms. The van der Waals surface area contributed by atoms with Crippen LogP contribution in [0, 0.1) is 13.8 Å². The van der Waals surface area contributed by atoms with Gasteiger partial charge in [0.15, 0.2) is 0 Å². The van der Waals surface area contributed by atoms with Gasteiger partial charge in [-0.2, -0.15) is 4.98 Å². The molecule has 1 fully saturated rings. The highest BCUT2D eigenvalue weighted by atomic mass is 16.5. The van der Waals surface area contributed by atoms with Gasteiger partial charge in [-0.3, -0.25) is 4.57 Å². The monoisotopic (exact) mass is 389 g/mol. The Hall–Kier alpha value is -3.26. The first-order chi connectivity index (χ1) is 14.1. The van der Waals surface area contributed by atoms with Crippen LogP contribution in [0.2, 0.25) is 0 Å². The summed E-state index contributed by atoms with van der Waals surface area (Å²) in [6.07, 6.45) is 1.95. The second-order valence-electron chi connectivity index (χ2n) is 7.40. The van der Waals surface area contributed by atoms with E-state index in [1.165, 1.54) is 0 Å². The number of anilines is 1. The van der Waals surface area contributed by atoms with E-state index in [2.05, 4.69) is 45.2 Å². The first-order valence-corrected chi connectivity index (χ1v) is 9.81. The molecule has 1 aromatic carbocycles. The highest BCUT2D eigenvalue weighted by Crippen LogP contribution is 2.30. The molecule has 1 aliphatic rings. The summed E-state index contributed by atoms with van der Waals surface area (Å²) in [5.41, 5.74) is 3.03. The van der Waals surface area contributed by atoms with Crippen molar-refractivity contribution in [2.75, 3.05) is 24.7 Å². The quantitative estimate of drug-likeness (QED) is 0.580. The van der Waals surface area contributed by atoms with E-state index in [9.17, 15) is 0 Å². The van der Waals surface area contributed by atoms with Crippen molar-refractivity contribution in [2.24, 2.45) is 0 Å². The van der Waals surface area contributed by atoms with Crippen LogP contribution in [-0.4, -0.2) is 55.5 Å². The fourth-order valence-electron chi connectivity index (χ4n) is 3.94. The largest absolute Gasteiger partial charge is 0.377 e. The van der Waals surface area contributed by atoms with Gasteiger partial charge in [0.05, 0.1) is 24.9 Å². The van der Waals surface area contributed by atoms with E-state index < -0.39 is 0 Å². The second kappa shape index (κ2) is 6.97. The van der Waals surface area contributed by atoms with Crippen molar-refractivity contribution in [3.05, 3.63) is 48.2 Å². The van der Waals surface area contributed by atoms with E-state index in [4.69, 9.17) is 14.7 Å². The van der Waals surface area contributed by atoms with Crippen LogP contribution in [0.4, 0.5) is 5.95 Å². The zero-order chi connectivity index (χ0) is 20.0. The minimum Gasteiger partial charge on any atom is -0.377 e. The maximum Gasteiger partial charge on any atom is 0.228 e. The summed E-state index contributed by atoms with van der Waals surface area (Å²) in [7, 11) is 0. The molecule has 0 unspecified atom stereocenters. The first kappa shape index (κ1) is 17.8. The van der Waals surface area contributed by atoms with Crippen LogP contribution < -0.4 is 4.90 Å². The SMILES string of the molecule is Cc1nnc(C)n1-c1cc(-c2cccc3[nH]ccc23)nc(N2CCOC[C@H]2C)n1. The number of aromatic nitrogens is 6. The number of nitrogens with one attached hydrogen (secondary N) is 1. The van der Waals surface area contributed by atoms with Crippen LogP contribution in [0.5, 0.6) is 0 Å². The average molecular weight is 389 g/mol. The minimum absolute atomic E-state index is 0.206. The molecule has 1 atom stereocenters. The van der Waals surface area contributed by atoms with Crippen molar-refractivity contribution >= 4 is 16.9 Å². The summed E-state index contributed by atoms with van der Waals surface area (Å²) in [4.78, 5) is 15.4. The number of fused-ring (bicyclic) bond motifs is 1. The highest BCUT2D eigenvalue weighted by molar-refractivity contribution is 5.94. The predicted octanol–water partition coefficient (Wildman–Crippen LogP) is 3.05. The van der Waals surface area contributed by atoms with Gasteiger partial charge in [0.1, 0.15) is 17.5 Å². The molecule has 0 radical (unpaired) electrons. The van der Waals surface area contributed by atoms with Crippen LogP contribution in [0.25, 0.3) is 28.0 Å². The second-order valence-corrected chi connectivity index (χ2v) is 7.40. The molecule has 1 aliphatic heterocycles. The molecule has 4 heterocycles. The summed E-state index contributed by atoms with van der Waals surface area (Å²) in [5.74, 6) is 3.07. The number of H-pyrrole nitrogens is 1. The molecule has 1 N–H and O–H groups in total. The number of morpholine rings is 1. The summed E-state index contributed by atoms with van der Waals surface area (Å²) in [6, 6.07) is 10.5. The molecule has 148 valence electrons. The Morgan fingerprint density at radius 2 is 1.93 bits per heavy atom.